The Bertz CT molecular complexity index is 846. The van der Waals surface area contributed by atoms with Crippen molar-refractivity contribution in [3.63, 3.8) is 0 Å². The third-order valence-electron chi connectivity index (χ3n) is 4.53. The van der Waals surface area contributed by atoms with E-state index in [1.54, 1.807) is 6.07 Å². The summed E-state index contributed by atoms with van der Waals surface area (Å²) in [5.41, 5.74) is 9.30. The molecule has 0 saturated heterocycles. The lowest BCUT2D eigenvalue weighted by atomic mass is 9.83. The summed E-state index contributed by atoms with van der Waals surface area (Å²) >= 11 is 0. The maximum Gasteiger partial charge on any atom is 0.166 e. The van der Waals surface area contributed by atoms with E-state index in [1.165, 1.54) is 36.7 Å². The van der Waals surface area contributed by atoms with Gasteiger partial charge >= 0.3 is 0 Å². The van der Waals surface area contributed by atoms with Crippen LogP contribution >= 0.6 is 0 Å². The first-order valence-corrected chi connectivity index (χ1v) is 8.00. The molecule has 1 aliphatic rings. The SMILES string of the molecule is Nc1ccc2c(NCC3CCCc4ccccc43)ncnc2n1. The highest BCUT2D eigenvalue weighted by Gasteiger charge is 2.19. The standard InChI is InChI=1S/C18H19N5/c19-16-9-8-15-17(21-11-22-18(15)23-16)20-10-13-6-3-5-12-4-1-2-7-14(12)13/h1-2,4,7-9,11,13H,3,5-6,10H2,(H3,19,20,21,22,23). The summed E-state index contributed by atoms with van der Waals surface area (Å²) in [6.45, 7) is 0.869. The molecular formula is C18H19N5. The van der Waals surface area contributed by atoms with Gasteiger partial charge in [-0.2, -0.15) is 0 Å². The van der Waals surface area contributed by atoms with Gasteiger partial charge in [0.25, 0.3) is 0 Å². The molecule has 3 aromatic rings. The van der Waals surface area contributed by atoms with Crippen molar-refractivity contribution in [2.24, 2.45) is 0 Å². The van der Waals surface area contributed by atoms with Crippen molar-refractivity contribution in [2.45, 2.75) is 25.2 Å². The van der Waals surface area contributed by atoms with E-state index in [9.17, 15) is 0 Å². The third kappa shape index (κ3) is 2.70. The molecule has 1 atom stereocenters. The zero-order chi connectivity index (χ0) is 15.6. The van der Waals surface area contributed by atoms with Gasteiger partial charge < -0.3 is 11.1 Å². The van der Waals surface area contributed by atoms with Crippen LogP contribution < -0.4 is 11.1 Å². The number of nitrogens with one attached hydrogen (secondary N) is 1. The van der Waals surface area contributed by atoms with E-state index in [2.05, 4.69) is 44.5 Å². The summed E-state index contributed by atoms with van der Waals surface area (Å²) in [4.78, 5) is 12.8. The number of fused-ring (bicyclic) bond motifs is 2. The number of rotatable bonds is 3. The van der Waals surface area contributed by atoms with Crippen LogP contribution in [0.1, 0.15) is 29.9 Å². The molecule has 116 valence electrons. The lowest BCUT2D eigenvalue weighted by Gasteiger charge is -2.26. The van der Waals surface area contributed by atoms with E-state index in [0.717, 1.165) is 17.7 Å². The molecule has 2 aromatic heterocycles. The Hall–Kier alpha value is -2.69. The smallest absolute Gasteiger partial charge is 0.166 e. The molecule has 5 heteroatoms. The molecule has 1 aromatic carbocycles. The first-order chi connectivity index (χ1) is 11.3. The van der Waals surface area contributed by atoms with Gasteiger partial charge in [0, 0.05) is 12.5 Å². The number of anilines is 2. The quantitative estimate of drug-likeness (QED) is 0.777. The van der Waals surface area contributed by atoms with Gasteiger partial charge in [0.1, 0.15) is 18.0 Å². The molecule has 0 spiro atoms. The molecule has 0 radical (unpaired) electrons. The molecule has 1 unspecified atom stereocenters. The van der Waals surface area contributed by atoms with Crippen molar-refractivity contribution in [1.29, 1.82) is 0 Å². The second-order valence-electron chi connectivity index (χ2n) is 6.00. The Balaban J connectivity index is 1.59. The van der Waals surface area contributed by atoms with E-state index in [1.807, 2.05) is 6.07 Å². The van der Waals surface area contributed by atoms with Gasteiger partial charge in [0.2, 0.25) is 0 Å². The molecular weight excluding hydrogens is 286 g/mol. The molecule has 0 bridgehead atoms. The third-order valence-corrected chi connectivity index (χ3v) is 4.53. The van der Waals surface area contributed by atoms with Crippen molar-refractivity contribution in [1.82, 2.24) is 15.0 Å². The van der Waals surface area contributed by atoms with E-state index >= 15 is 0 Å². The van der Waals surface area contributed by atoms with Crippen LogP contribution in [0.5, 0.6) is 0 Å². The van der Waals surface area contributed by atoms with Crippen molar-refractivity contribution in [2.75, 3.05) is 17.6 Å². The maximum atomic E-state index is 5.73. The topological polar surface area (TPSA) is 76.7 Å². The van der Waals surface area contributed by atoms with Gasteiger partial charge in [0.15, 0.2) is 5.65 Å². The second-order valence-corrected chi connectivity index (χ2v) is 6.00. The molecule has 5 nitrogen and oxygen atoms in total. The summed E-state index contributed by atoms with van der Waals surface area (Å²) in [7, 11) is 0. The van der Waals surface area contributed by atoms with E-state index in [4.69, 9.17) is 5.73 Å². The largest absolute Gasteiger partial charge is 0.384 e. The molecule has 0 saturated carbocycles. The van der Waals surface area contributed by atoms with Gasteiger partial charge in [-0.1, -0.05) is 24.3 Å². The van der Waals surface area contributed by atoms with Crippen molar-refractivity contribution >= 4 is 22.7 Å². The Morgan fingerprint density at radius 2 is 2.04 bits per heavy atom. The second kappa shape index (κ2) is 5.83. The van der Waals surface area contributed by atoms with Crippen LogP contribution in [0.25, 0.3) is 11.0 Å². The number of nitrogens with two attached hydrogens (primary N) is 1. The van der Waals surface area contributed by atoms with Crippen LogP contribution in [0.2, 0.25) is 0 Å². The van der Waals surface area contributed by atoms with Crippen LogP contribution in [0.3, 0.4) is 0 Å². The first-order valence-electron chi connectivity index (χ1n) is 8.00. The van der Waals surface area contributed by atoms with Gasteiger partial charge in [0.05, 0.1) is 5.39 Å². The Labute approximate surface area is 135 Å². The predicted molar refractivity (Wildman–Crippen MR) is 92.4 cm³/mol. The first kappa shape index (κ1) is 13.9. The zero-order valence-corrected chi connectivity index (χ0v) is 12.9. The summed E-state index contributed by atoms with van der Waals surface area (Å²) < 4.78 is 0. The lowest BCUT2D eigenvalue weighted by molar-refractivity contribution is 0.571. The van der Waals surface area contributed by atoms with Crippen molar-refractivity contribution in [3.8, 4) is 0 Å². The summed E-state index contributed by atoms with van der Waals surface area (Å²) in [5, 5.41) is 4.39. The Kier molecular flexibility index (Phi) is 3.54. The fraction of sp³-hybridized carbons (Fsp3) is 0.278. The number of aryl methyl sites for hydroxylation is 1. The van der Waals surface area contributed by atoms with Crippen LogP contribution in [0.4, 0.5) is 11.6 Å². The Morgan fingerprint density at radius 1 is 1.13 bits per heavy atom. The zero-order valence-electron chi connectivity index (χ0n) is 12.9. The number of pyridine rings is 1. The molecule has 0 aliphatic heterocycles. The van der Waals surface area contributed by atoms with Gasteiger partial charge in [-0.05, 0) is 42.5 Å². The summed E-state index contributed by atoms with van der Waals surface area (Å²) in [6, 6.07) is 12.5. The molecule has 23 heavy (non-hydrogen) atoms. The molecule has 2 heterocycles. The normalized spacial score (nSPS) is 17.0. The van der Waals surface area contributed by atoms with E-state index in [0.29, 0.717) is 17.4 Å². The molecule has 0 fully saturated rings. The highest BCUT2D eigenvalue weighted by atomic mass is 15.0. The lowest BCUT2D eigenvalue weighted by Crippen LogP contribution is -2.18. The van der Waals surface area contributed by atoms with E-state index in [-0.39, 0.29) is 0 Å². The average molecular weight is 305 g/mol. The highest BCUT2D eigenvalue weighted by Crippen LogP contribution is 2.31. The fourth-order valence-corrected chi connectivity index (χ4v) is 3.38. The molecule has 3 N–H and O–H groups in total. The van der Waals surface area contributed by atoms with Crippen LogP contribution in [-0.4, -0.2) is 21.5 Å². The molecule has 4 rings (SSSR count). The predicted octanol–water partition coefficient (Wildman–Crippen LogP) is 3.14. The molecule has 1 aliphatic carbocycles. The number of hydrogen-bond acceptors (Lipinski definition) is 5. The molecule has 0 amide bonds. The Morgan fingerprint density at radius 3 is 3.00 bits per heavy atom. The highest BCUT2D eigenvalue weighted by molar-refractivity contribution is 5.87. The number of nitrogens with zero attached hydrogens (tertiary/aromatic N) is 3. The minimum atomic E-state index is 0.475. The van der Waals surface area contributed by atoms with Gasteiger partial charge in [-0.25, -0.2) is 15.0 Å². The monoisotopic (exact) mass is 305 g/mol. The number of hydrogen-bond donors (Lipinski definition) is 2. The van der Waals surface area contributed by atoms with Gasteiger partial charge in [-0.3, -0.25) is 0 Å². The number of benzene rings is 1. The summed E-state index contributed by atoms with van der Waals surface area (Å²) in [5.74, 6) is 1.82. The minimum Gasteiger partial charge on any atom is -0.384 e. The average Bonchev–Trinajstić information content (AvgIpc) is 2.59. The number of aromatic nitrogens is 3. The van der Waals surface area contributed by atoms with Crippen molar-refractivity contribution in [3.05, 3.63) is 53.9 Å². The van der Waals surface area contributed by atoms with Crippen LogP contribution in [-0.2, 0) is 6.42 Å². The fourth-order valence-electron chi connectivity index (χ4n) is 3.38. The van der Waals surface area contributed by atoms with Gasteiger partial charge in [-0.15, -0.1) is 0 Å². The minimum absolute atomic E-state index is 0.475. The van der Waals surface area contributed by atoms with E-state index < -0.39 is 0 Å². The number of nitrogen functional groups attached to an aromatic ring is 1. The van der Waals surface area contributed by atoms with Crippen LogP contribution in [0, 0.1) is 0 Å². The summed E-state index contributed by atoms with van der Waals surface area (Å²) in [6.07, 6.45) is 5.17. The maximum absolute atomic E-state index is 5.73. The van der Waals surface area contributed by atoms with Crippen molar-refractivity contribution < 1.29 is 0 Å². The van der Waals surface area contributed by atoms with Crippen LogP contribution in [0.15, 0.2) is 42.7 Å².